The summed E-state index contributed by atoms with van der Waals surface area (Å²) in [7, 11) is -1.24. The molecule has 1 unspecified atom stereocenters. The van der Waals surface area contributed by atoms with Gasteiger partial charge in [0, 0.05) is 46.8 Å². The van der Waals surface area contributed by atoms with Crippen LogP contribution in [0.1, 0.15) is 83.2 Å². The molecule has 0 radical (unpaired) electrons. The van der Waals surface area contributed by atoms with Crippen LogP contribution >= 0.6 is 22.6 Å². The molecule has 4 aromatic heterocycles. The summed E-state index contributed by atoms with van der Waals surface area (Å²) >= 11 is 2.38. The Morgan fingerprint density at radius 2 is 1.86 bits per heavy atom. The highest BCUT2D eigenvalue weighted by atomic mass is 127. The molecule has 1 aliphatic heterocycles. The lowest BCUT2D eigenvalue weighted by Gasteiger charge is -2.37. The van der Waals surface area contributed by atoms with Gasteiger partial charge in [0.2, 0.25) is 11.8 Å². The predicted molar refractivity (Wildman–Crippen MR) is 242 cm³/mol. The molecule has 0 aliphatic carbocycles. The summed E-state index contributed by atoms with van der Waals surface area (Å²) in [6.45, 7) is 33.7. The van der Waals surface area contributed by atoms with Crippen LogP contribution in [0.4, 0.5) is 0 Å². The Hall–Kier alpha value is -2.62. The summed E-state index contributed by atoms with van der Waals surface area (Å²) in [5, 5.41) is 15.7. The van der Waals surface area contributed by atoms with Crippen molar-refractivity contribution in [3.63, 3.8) is 0 Å². The zero-order valence-electron chi connectivity index (χ0n) is 36.6. The molecule has 1 fully saturated rings. The van der Waals surface area contributed by atoms with Crippen molar-refractivity contribution in [1.29, 1.82) is 0 Å². The van der Waals surface area contributed by atoms with E-state index >= 15 is 0 Å². The first-order valence-corrected chi connectivity index (χ1v) is 28.2. The summed E-state index contributed by atoms with van der Waals surface area (Å²) in [5.41, 5.74) is 5.33. The van der Waals surface area contributed by atoms with Crippen LogP contribution in [0.15, 0.2) is 18.8 Å². The average molecular weight is 935 g/mol. The summed E-state index contributed by atoms with van der Waals surface area (Å²) in [6, 6.07) is 3.17. The number of hydrogen-bond donors (Lipinski definition) is 0. The summed E-state index contributed by atoms with van der Waals surface area (Å²) in [4.78, 5) is 7.29. The van der Waals surface area contributed by atoms with E-state index < -0.39 is 16.4 Å². The fourth-order valence-corrected chi connectivity index (χ4v) is 9.12. The maximum atomic E-state index is 6.68. The number of nitrogens with zero attached hydrogens (tertiary/aromatic N) is 8. The van der Waals surface area contributed by atoms with Crippen molar-refractivity contribution in [2.24, 2.45) is 7.05 Å². The molecule has 0 bridgehead atoms. The van der Waals surface area contributed by atoms with E-state index in [-0.39, 0.29) is 24.1 Å². The minimum Gasteiger partial charge on any atom is -0.476 e. The molecular weight excluding hydrogens is 868 g/mol. The number of rotatable bonds is 20. The number of hydrogen-bond acceptors (Lipinski definition) is 10. The lowest BCUT2D eigenvalue weighted by Crippen LogP contribution is -2.42. The summed E-state index contributed by atoms with van der Waals surface area (Å²) in [5.74, 6) is 1.28. The number of halogens is 1. The minimum absolute atomic E-state index is 0.0106. The van der Waals surface area contributed by atoms with E-state index in [2.05, 4.69) is 112 Å². The maximum Gasteiger partial charge on any atom is 0.248 e. The highest BCUT2D eigenvalue weighted by Crippen LogP contribution is 2.38. The van der Waals surface area contributed by atoms with Crippen LogP contribution in [0.25, 0.3) is 28.2 Å². The van der Waals surface area contributed by atoms with E-state index in [1.54, 1.807) is 10.8 Å². The van der Waals surface area contributed by atoms with Crippen LogP contribution in [-0.4, -0.2) is 102 Å². The Morgan fingerprint density at radius 3 is 2.51 bits per heavy atom. The Kier molecular flexibility index (Phi) is 15.3. The standard InChI is InChI=1S/C41H67IN8O5Si2/c1-14-32-31-24-33(43-25-34(31)50(45-32)36-18-16-17-20-52-36)37-30(4)44-47(8)40(37)53-21-19-48(15-2)26-35-38(42)39(54-28-51-22-23-56(9,10)11)46-49(35)29(3)27-55-57(12,13)41(5,6)7/h14,24-25,29,36H,1,15-23,26-28H2,2-13H3/t29-,36?/m0/s1. The number of likely N-dealkylation sites (N-methyl/N-ethyl adjacent to an activating group) is 1. The van der Waals surface area contributed by atoms with Gasteiger partial charge < -0.3 is 23.4 Å². The maximum absolute atomic E-state index is 6.68. The Balaban J connectivity index is 1.32. The van der Waals surface area contributed by atoms with Gasteiger partial charge in [0.1, 0.15) is 6.61 Å². The molecule has 4 aromatic rings. The SMILES string of the molecule is C=Cc1nn(C2CCCCO2)c2cnc(-c3c(C)nn(C)c3OCCN(CC)Cc3c(I)c(OCOCC[Si](C)(C)C)nn3[C@@H](C)CO[Si](C)(C)C(C)(C)C)cc12. The molecule has 2 atom stereocenters. The van der Waals surface area contributed by atoms with Gasteiger partial charge in [-0.25, -0.2) is 9.36 Å². The van der Waals surface area contributed by atoms with Crippen molar-refractivity contribution in [3.8, 4) is 23.0 Å². The van der Waals surface area contributed by atoms with E-state index in [0.717, 1.165) is 81.3 Å². The van der Waals surface area contributed by atoms with Gasteiger partial charge in [-0.2, -0.15) is 10.2 Å². The molecule has 0 aromatic carbocycles. The normalized spacial score (nSPS) is 16.1. The fraction of sp³-hybridized carbons (Fsp3) is 0.659. The van der Waals surface area contributed by atoms with Crippen LogP contribution in [0.5, 0.6) is 11.8 Å². The molecule has 5 heterocycles. The monoisotopic (exact) mass is 934 g/mol. The Labute approximate surface area is 356 Å². The second-order valence-corrected chi connectivity index (χ2v) is 29.5. The fourth-order valence-electron chi connectivity index (χ4n) is 6.59. The molecule has 1 aliphatic rings. The number of fused-ring (bicyclic) bond motifs is 1. The van der Waals surface area contributed by atoms with Crippen molar-refractivity contribution < 1.29 is 23.4 Å². The van der Waals surface area contributed by atoms with Crippen molar-refractivity contribution in [1.82, 2.24) is 39.2 Å². The molecule has 16 heteroatoms. The molecule has 0 N–H and O–H groups in total. The summed E-state index contributed by atoms with van der Waals surface area (Å²) < 4.78 is 38.3. The predicted octanol–water partition coefficient (Wildman–Crippen LogP) is 9.46. The third-order valence-electron chi connectivity index (χ3n) is 11.2. The first-order chi connectivity index (χ1) is 26.8. The van der Waals surface area contributed by atoms with Gasteiger partial charge in [-0.1, -0.05) is 53.9 Å². The molecule has 316 valence electrons. The second-order valence-electron chi connectivity index (χ2n) is 18.0. The third kappa shape index (κ3) is 11.2. The molecule has 5 rings (SSSR count). The highest BCUT2D eigenvalue weighted by Gasteiger charge is 2.38. The van der Waals surface area contributed by atoms with Crippen molar-refractivity contribution >= 4 is 56.0 Å². The Bertz CT molecular complexity index is 1960. The quantitative estimate of drug-likeness (QED) is 0.0368. The molecule has 13 nitrogen and oxygen atoms in total. The van der Waals surface area contributed by atoms with Crippen LogP contribution in [0.3, 0.4) is 0 Å². The molecule has 0 saturated carbocycles. The Morgan fingerprint density at radius 1 is 1.11 bits per heavy atom. The van der Waals surface area contributed by atoms with E-state index in [1.807, 2.05) is 24.9 Å². The molecular formula is C41H67IN8O5Si2. The largest absolute Gasteiger partial charge is 0.476 e. The van der Waals surface area contributed by atoms with Gasteiger partial charge in [-0.3, -0.25) is 14.6 Å². The number of aryl methyl sites for hydroxylation is 2. The van der Waals surface area contributed by atoms with Gasteiger partial charge in [0.25, 0.3) is 0 Å². The van der Waals surface area contributed by atoms with Crippen LogP contribution in [0.2, 0.25) is 43.8 Å². The lowest BCUT2D eigenvalue weighted by molar-refractivity contribution is -0.0367. The van der Waals surface area contributed by atoms with E-state index in [0.29, 0.717) is 44.7 Å². The lowest BCUT2D eigenvalue weighted by atomic mass is 10.1. The number of ether oxygens (including phenoxy) is 4. The topological polar surface area (TPSA) is 116 Å². The van der Waals surface area contributed by atoms with Crippen LogP contribution in [-0.2, 0) is 27.5 Å². The average Bonchev–Trinajstić information content (AvgIpc) is 3.78. The molecule has 0 spiro atoms. The zero-order valence-corrected chi connectivity index (χ0v) is 40.7. The van der Waals surface area contributed by atoms with Gasteiger partial charge in [0.15, 0.2) is 21.3 Å². The first-order valence-electron chi connectivity index (χ1n) is 20.5. The third-order valence-corrected chi connectivity index (χ3v) is 18.5. The van der Waals surface area contributed by atoms with E-state index in [1.165, 1.54) is 0 Å². The highest BCUT2D eigenvalue weighted by molar-refractivity contribution is 14.1. The van der Waals surface area contributed by atoms with Crippen molar-refractivity contribution in [2.75, 3.05) is 46.3 Å². The van der Waals surface area contributed by atoms with Gasteiger partial charge >= 0.3 is 0 Å². The van der Waals surface area contributed by atoms with Gasteiger partial charge in [-0.05, 0) is 98.6 Å². The molecule has 57 heavy (non-hydrogen) atoms. The molecule has 0 amide bonds. The number of aromatic nitrogens is 7. The van der Waals surface area contributed by atoms with Crippen LogP contribution < -0.4 is 9.47 Å². The van der Waals surface area contributed by atoms with Gasteiger partial charge in [-0.15, -0.1) is 5.10 Å². The summed E-state index contributed by atoms with van der Waals surface area (Å²) in [6.07, 6.45) is 6.71. The van der Waals surface area contributed by atoms with Crippen LogP contribution in [0, 0.1) is 10.5 Å². The van der Waals surface area contributed by atoms with E-state index in [9.17, 15) is 0 Å². The minimum atomic E-state index is -1.96. The second kappa shape index (κ2) is 19.2. The smallest absolute Gasteiger partial charge is 0.248 e. The van der Waals surface area contributed by atoms with Crippen molar-refractivity contribution in [3.05, 3.63) is 39.5 Å². The molecule has 1 saturated heterocycles. The van der Waals surface area contributed by atoms with E-state index in [4.69, 9.17) is 43.7 Å². The zero-order chi connectivity index (χ0) is 41.7. The first kappa shape index (κ1) is 45.5. The van der Waals surface area contributed by atoms with Crippen molar-refractivity contribution in [2.45, 2.75) is 123 Å². The number of pyridine rings is 1. The van der Waals surface area contributed by atoms with Gasteiger partial charge in [0.05, 0.1) is 56.3 Å².